The Kier molecular flexibility index (Phi) is 9.51. The van der Waals surface area contributed by atoms with Gasteiger partial charge in [-0.3, -0.25) is 0 Å². The Morgan fingerprint density at radius 1 is 0.658 bits per heavy atom. The van der Waals surface area contributed by atoms with Crippen LogP contribution in [0.5, 0.6) is 0 Å². The van der Waals surface area contributed by atoms with Crippen LogP contribution in [0.1, 0.15) is 173 Å². The molecule has 0 saturated heterocycles. The minimum atomic E-state index is -4.76. The van der Waals surface area contributed by atoms with Gasteiger partial charge in [-0.1, -0.05) is 89.2 Å². The third kappa shape index (κ3) is 6.66. The van der Waals surface area contributed by atoms with E-state index in [1.807, 2.05) is 0 Å². The summed E-state index contributed by atoms with van der Waals surface area (Å²) in [5.41, 5.74) is 2.59. The molecule has 4 fully saturated rings. The van der Waals surface area contributed by atoms with Crippen LogP contribution in [0.2, 0.25) is 0 Å². The van der Waals surface area contributed by atoms with Crippen molar-refractivity contribution in [1.82, 2.24) is 0 Å². The van der Waals surface area contributed by atoms with Gasteiger partial charge < -0.3 is 9.29 Å². The molecule has 1 aromatic rings. The summed E-state index contributed by atoms with van der Waals surface area (Å²) in [6.07, 6.45) is 21.6. The van der Waals surface area contributed by atoms with Crippen molar-refractivity contribution in [2.75, 3.05) is 0 Å². The van der Waals surface area contributed by atoms with Crippen molar-refractivity contribution < 1.29 is 22.5 Å². The molecule has 1 unspecified atom stereocenters. The molecule has 0 N–H and O–H groups in total. The van der Waals surface area contributed by atoms with Crippen LogP contribution >= 0.6 is 0 Å². The molecular formula is C32H47O5S-. The second-order valence-electron chi connectivity index (χ2n) is 12.7. The van der Waals surface area contributed by atoms with Gasteiger partial charge in [0.2, 0.25) is 0 Å². The van der Waals surface area contributed by atoms with Crippen LogP contribution in [-0.4, -0.2) is 24.4 Å². The third-order valence-corrected chi connectivity index (χ3v) is 11.2. The molecule has 5 nitrogen and oxygen atoms in total. The minimum absolute atomic E-state index is 0.300. The summed E-state index contributed by atoms with van der Waals surface area (Å²) >= 11 is 0. The summed E-state index contributed by atoms with van der Waals surface area (Å²) in [7, 11) is -4.76. The highest BCUT2D eigenvalue weighted by molar-refractivity contribution is 7.86. The summed E-state index contributed by atoms with van der Waals surface area (Å²) in [4.78, 5) is 14.1. The molecule has 4 saturated carbocycles. The lowest BCUT2D eigenvalue weighted by Crippen LogP contribution is -2.36. The highest BCUT2D eigenvalue weighted by Gasteiger charge is 2.36. The first kappa shape index (κ1) is 28.1. The van der Waals surface area contributed by atoms with Gasteiger partial charge in [-0.2, -0.15) is 0 Å². The lowest BCUT2D eigenvalue weighted by atomic mass is 9.73. The van der Waals surface area contributed by atoms with Gasteiger partial charge in [-0.05, 0) is 85.8 Å². The maximum absolute atomic E-state index is 14.1. The number of benzene rings is 1. The number of carbonyl (C=O) groups excluding carboxylic acids is 1. The summed E-state index contributed by atoms with van der Waals surface area (Å²) < 4.78 is 43.0. The summed E-state index contributed by atoms with van der Waals surface area (Å²) in [5, 5.41) is 0. The second-order valence-corrected chi connectivity index (χ2v) is 14.2. The zero-order chi connectivity index (χ0) is 26.5. The molecule has 0 spiro atoms. The van der Waals surface area contributed by atoms with Crippen LogP contribution < -0.4 is 0 Å². The highest BCUT2D eigenvalue weighted by atomic mass is 32.2. The zero-order valence-electron chi connectivity index (χ0n) is 23.1. The first-order valence-corrected chi connectivity index (χ1v) is 17.2. The lowest BCUT2D eigenvalue weighted by molar-refractivity contribution is 0.0280. The monoisotopic (exact) mass is 543 g/mol. The molecule has 0 radical (unpaired) electrons. The number of hydrogen-bond donors (Lipinski definition) is 0. The fourth-order valence-corrected chi connectivity index (χ4v) is 9.00. The molecule has 6 heteroatoms. The molecule has 0 heterocycles. The van der Waals surface area contributed by atoms with E-state index < -0.39 is 27.4 Å². The first-order valence-electron chi connectivity index (χ1n) is 15.7. The standard InChI is InChI=1S/C32H48O5S/c33-31(37-32(38(34,35)36)26-19-11-4-12-20-26)30-28(24-15-7-2-8-16-24)21-27(23-13-5-1-6-14-23)22-29(30)25-17-9-3-10-18-25/h21-26,32H,1-20H2,(H,34,35,36)/p-1. The van der Waals surface area contributed by atoms with E-state index in [4.69, 9.17) is 4.74 Å². The Balaban J connectivity index is 1.57. The molecule has 0 amide bonds. The smallest absolute Gasteiger partial charge is 0.339 e. The van der Waals surface area contributed by atoms with Crippen molar-refractivity contribution in [3.05, 3.63) is 34.4 Å². The topological polar surface area (TPSA) is 83.5 Å². The SMILES string of the molecule is O=C(OC(C1CCCCC1)S(=O)(=O)[O-])c1c(C2CCCCC2)cc(C2CCCCC2)cc1C1CCCCC1. The molecular weight excluding hydrogens is 496 g/mol. The van der Waals surface area contributed by atoms with Gasteiger partial charge in [0.15, 0.2) is 5.44 Å². The van der Waals surface area contributed by atoms with Crippen LogP contribution in [0.15, 0.2) is 12.1 Å². The van der Waals surface area contributed by atoms with Crippen LogP contribution in [-0.2, 0) is 14.9 Å². The predicted molar refractivity (Wildman–Crippen MR) is 149 cm³/mol. The van der Waals surface area contributed by atoms with E-state index in [1.54, 1.807) is 0 Å². The Hall–Kier alpha value is -1.40. The van der Waals surface area contributed by atoms with Gasteiger partial charge in [0.05, 0.1) is 5.56 Å². The third-order valence-electron chi connectivity index (χ3n) is 10.1. The molecule has 4 aliphatic rings. The van der Waals surface area contributed by atoms with Gasteiger partial charge in [0.25, 0.3) is 0 Å². The summed E-state index contributed by atoms with van der Waals surface area (Å²) in [6, 6.07) is 4.60. The van der Waals surface area contributed by atoms with Crippen LogP contribution in [0.4, 0.5) is 0 Å². The van der Waals surface area contributed by atoms with Gasteiger partial charge in [-0.25, -0.2) is 13.2 Å². The normalized spacial score (nSPS) is 24.2. The predicted octanol–water partition coefficient (Wildman–Crippen LogP) is 8.44. The van der Waals surface area contributed by atoms with Crippen LogP contribution in [0.25, 0.3) is 0 Å². The van der Waals surface area contributed by atoms with Crippen molar-refractivity contribution in [1.29, 1.82) is 0 Å². The van der Waals surface area contributed by atoms with Gasteiger partial charge in [0, 0.05) is 5.92 Å². The van der Waals surface area contributed by atoms with Crippen molar-refractivity contribution in [2.45, 2.75) is 152 Å². The van der Waals surface area contributed by atoms with E-state index in [0.29, 0.717) is 36.2 Å². The number of esters is 1. The van der Waals surface area contributed by atoms with E-state index in [9.17, 15) is 17.8 Å². The van der Waals surface area contributed by atoms with Crippen LogP contribution in [0.3, 0.4) is 0 Å². The quantitative estimate of drug-likeness (QED) is 0.254. The van der Waals surface area contributed by atoms with Crippen LogP contribution in [0, 0.1) is 5.92 Å². The number of rotatable bonds is 7. The maximum atomic E-state index is 14.1. The number of hydrogen-bond acceptors (Lipinski definition) is 5. The maximum Gasteiger partial charge on any atom is 0.339 e. The van der Waals surface area contributed by atoms with E-state index in [1.165, 1.54) is 50.5 Å². The molecule has 4 aliphatic carbocycles. The van der Waals surface area contributed by atoms with Crippen molar-refractivity contribution in [3.63, 3.8) is 0 Å². The molecule has 1 atom stereocenters. The Bertz CT molecular complexity index is 1000. The van der Waals surface area contributed by atoms with Crippen molar-refractivity contribution >= 4 is 16.1 Å². The first-order chi connectivity index (χ1) is 18.4. The lowest BCUT2D eigenvalue weighted by Gasteiger charge is -2.34. The summed E-state index contributed by atoms with van der Waals surface area (Å²) in [6.45, 7) is 0. The molecule has 0 aliphatic heterocycles. The van der Waals surface area contributed by atoms with E-state index in [0.717, 1.165) is 81.8 Å². The fourth-order valence-electron chi connectivity index (χ4n) is 8.05. The molecule has 38 heavy (non-hydrogen) atoms. The van der Waals surface area contributed by atoms with Gasteiger partial charge >= 0.3 is 5.97 Å². The largest absolute Gasteiger partial charge is 0.745 e. The highest BCUT2D eigenvalue weighted by Crippen LogP contribution is 2.44. The second kappa shape index (κ2) is 12.8. The summed E-state index contributed by atoms with van der Waals surface area (Å²) in [5.74, 6) is 0.183. The van der Waals surface area contributed by atoms with E-state index in [2.05, 4.69) is 12.1 Å². The minimum Gasteiger partial charge on any atom is -0.745 e. The number of carbonyl (C=O) groups is 1. The molecule has 5 rings (SSSR count). The molecule has 0 aromatic heterocycles. The van der Waals surface area contributed by atoms with Crippen molar-refractivity contribution in [3.8, 4) is 0 Å². The molecule has 1 aromatic carbocycles. The van der Waals surface area contributed by atoms with E-state index >= 15 is 0 Å². The van der Waals surface area contributed by atoms with Crippen molar-refractivity contribution in [2.24, 2.45) is 5.92 Å². The average Bonchev–Trinajstić information content (AvgIpc) is 2.96. The average molecular weight is 544 g/mol. The number of ether oxygens (including phenoxy) is 1. The fraction of sp³-hybridized carbons (Fsp3) is 0.781. The van der Waals surface area contributed by atoms with Gasteiger partial charge in [-0.15, -0.1) is 0 Å². The zero-order valence-corrected chi connectivity index (χ0v) is 23.9. The van der Waals surface area contributed by atoms with E-state index in [-0.39, 0.29) is 0 Å². The Morgan fingerprint density at radius 3 is 1.47 bits per heavy atom. The van der Waals surface area contributed by atoms with Gasteiger partial charge in [0.1, 0.15) is 10.1 Å². The Morgan fingerprint density at radius 2 is 1.05 bits per heavy atom. The molecule has 0 bridgehead atoms. The Labute approximate surface area is 230 Å². The molecule has 212 valence electrons.